The number of anilines is 1. The van der Waals surface area contributed by atoms with Crippen molar-refractivity contribution in [3.63, 3.8) is 0 Å². The summed E-state index contributed by atoms with van der Waals surface area (Å²) in [5.74, 6) is -0.552. The summed E-state index contributed by atoms with van der Waals surface area (Å²) in [6.45, 7) is 0.0517. The smallest absolute Gasteiger partial charge is 0.265 e. The number of carbonyl (C=O) groups is 2. The number of aromatic nitrogens is 1. The van der Waals surface area contributed by atoms with E-state index in [4.69, 9.17) is 21.1 Å². The molecule has 3 rings (SSSR count). The lowest BCUT2D eigenvalue weighted by Crippen LogP contribution is -2.40. The number of methoxy groups -OCH3 is 1. The van der Waals surface area contributed by atoms with Crippen LogP contribution in [0.3, 0.4) is 0 Å². The summed E-state index contributed by atoms with van der Waals surface area (Å²) in [5.41, 5.74) is 0.0837. The van der Waals surface area contributed by atoms with Crippen LogP contribution >= 0.6 is 11.6 Å². The number of amides is 2. The Morgan fingerprint density at radius 3 is 2.81 bits per heavy atom. The second-order valence-electron chi connectivity index (χ2n) is 6.95. The number of rotatable bonds is 6. The van der Waals surface area contributed by atoms with Gasteiger partial charge in [0.2, 0.25) is 11.8 Å². The highest BCUT2D eigenvalue weighted by atomic mass is 35.5. The number of pyridine rings is 1. The molecule has 2 aromatic rings. The third kappa shape index (κ3) is 5.17. The average Bonchev–Trinajstić information content (AvgIpc) is 2.86. The summed E-state index contributed by atoms with van der Waals surface area (Å²) in [5, 5.41) is 2.92. The molecule has 0 unspecified atom stereocenters. The van der Waals surface area contributed by atoms with Gasteiger partial charge in [0.25, 0.3) is 15.9 Å². The van der Waals surface area contributed by atoms with Crippen molar-refractivity contribution in [2.24, 2.45) is 0 Å². The minimum atomic E-state index is -4.09. The molecule has 1 aliphatic heterocycles. The monoisotopic (exact) mass is 468 g/mol. The van der Waals surface area contributed by atoms with E-state index in [-0.39, 0.29) is 51.7 Å². The van der Waals surface area contributed by atoms with Gasteiger partial charge < -0.3 is 19.7 Å². The molecule has 2 N–H and O–H groups in total. The summed E-state index contributed by atoms with van der Waals surface area (Å²) in [6, 6.07) is 4.95. The van der Waals surface area contributed by atoms with E-state index < -0.39 is 22.0 Å². The molecule has 166 valence electrons. The SMILES string of the molecule is COc1ccc(Cl)cc1S(=O)(=O)Nc1cnc2c(c1)C(=O)N[C@@H](CC(=O)N(C)C)CO2. The summed E-state index contributed by atoms with van der Waals surface area (Å²) >= 11 is 5.93. The molecule has 31 heavy (non-hydrogen) atoms. The fraction of sp³-hybridized carbons (Fsp3) is 0.316. The van der Waals surface area contributed by atoms with Gasteiger partial charge in [-0.15, -0.1) is 0 Å². The topological polar surface area (TPSA) is 127 Å². The van der Waals surface area contributed by atoms with E-state index in [9.17, 15) is 18.0 Å². The molecular weight excluding hydrogens is 448 g/mol. The minimum Gasteiger partial charge on any atom is -0.495 e. The molecule has 1 aliphatic rings. The average molecular weight is 469 g/mol. The third-order valence-electron chi connectivity index (χ3n) is 4.44. The number of fused-ring (bicyclic) bond motifs is 1. The van der Waals surface area contributed by atoms with Gasteiger partial charge in [0, 0.05) is 19.1 Å². The number of nitrogens with one attached hydrogen (secondary N) is 2. The molecule has 12 heteroatoms. The van der Waals surface area contributed by atoms with Crippen LogP contribution in [0.5, 0.6) is 11.6 Å². The van der Waals surface area contributed by atoms with Crippen LogP contribution < -0.4 is 19.5 Å². The molecular formula is C19H21ClN4O6S. The van der Waals surface area contributed by atoms with E-state index >= 15 is 0 Å². The number of halogens is 1. The molecule has 0 aliphatic carbocycles. The zero-order valence-corrected chi connectivity index (χ0v) is 18.6. The maximum absolute atomic E-state index is 12.8. The maximum atomic E-state index is 12.8. The highest BCUT2D eigenvalue weighted by molar-refractivity contribution is 7.92. The lowest BCUT2D eigenvalue weighted by Gasteiger charge is -2.17. The van der Waals surface area contributed by atoms with Crippen LogP contribution in [0.1, 0.15) is 16.8 Å². The number of sulfonamides is 1. The molecule has 10 nitrogen and oxygen atoms in total. The van der Waals surface area contributed by atoms with Crippen molar-refractivity contribution in [2.75, 3.05) is 32.5 Å². The normalized spacial score (nSPS) is 15.7. The Balaban J connectivity index is 1.84. The van der Waals surface area contributed by atoms with Gasteiger partial charge in [0.1, 0.15) is 22.8 Å². The summed E-state index contributed by atoms with van der Waals surface area (Å²) in [4.78, 5) is 29.9. The highest BCUT2D eigenvalue weighted by Gasteiger charge is 2.27. The van der Waals surface area contributed by atoms with Gasteiger partial charge in [-0.1, -0.05) is 11.6 Å². The summed E-state index contributed by atoms with van der Waals surface area (Å²) in [7, 11) is 0.481. The van der Waals surface area contributed by atoms with Crippen molar-refractivity contribution in [3.8, 4) is 11.6 Å². The van der Waals surface area contributed by atoms with Gasteiger partial charge in [-0.2, -0.15) is 0 Å². The van der Waals surface area contributed by atoms with Crippen LogP contribution in [0.15, 0.2) is 35.4 Å². The van der Waals surface area contributed by atoms with E-state index in [1.54, 1.807) is 14.1 Å². The second-order valence-corrected chi connectivity index (χ2v) is 9.04. The number of hydrogen-bond acceptors (Lipinski definition) is 7. The molecule has 1 aromatic heterocycles. The second kappa shape index (κ2) is 8.98. The van der Waals surface area contributed by atoms with Crippen molar-refractivity contribution in [1.82, 2.24) is 15.2 Å². The Kier molecular flexibility index (Phi) is 6.56. The Morgan fingerprint density at radius 2 is 2.13 bits per heavy atom. The van der Waals surface area contributed by atoms with E-state index in [1.165, 1.54) is 42.5 Å². The predicted octanol–water partition coefficient (Wildman–Crippen LogP) is 1.51. The minimum absolute atomic E-state index is 0.0399. The maximum Gasteiger partial charge on any atom is 0.265 e. The zero-order valence-electron chi connectivity index (χ0n) is 17.0. The van der Waals surface area contributed by atoms with Crippen LogP contribution in [0.4, 0.5) is 5.69 Å². The number of benzene rings is 1. The van der Waals surface area contributed by atoms with E-state index in [2.05, 4.69) is 15.0 Å². The van der Waals surface area contributed by atoms with Crippen molar-refractivity contribution < 1.29 is 27.5 Å². The summed E-state index contributed by atoms with van der Waals surface area (Å²) in [6.07, 6.45) is 1.28. The number of carbonyl (C=O) groups excluding carboxylic acids is 2. The van der Waals surface area contributed by atoms with Crippen molar-refractivity contribution in [1.29, 1.82) is 0 Å². The molecule has 1 aromatic carbocycles. The molecule has 0 bridgehead atoms. The van der Waals surface area contributed by atoms with E-state index in [0.29, 0.717) is 0 Å². The molecule has 0 saturated heterocycles. The van der Waals surface area contributed by atoms with Gasteiger partial charge in [0.05, 0.1) is 31.5 Å². The van der Waals surface area contributed by atoms with Crippen LogP contribution in [0.2, 0.25) is 5.02 Å². The Morgan fingerprint density at radius 1 is 1.39 bits per heavy atom. The van der Waals surface area contributed by atoms with Gasteiger partial charge in [-0.25, -0.2) is 13.4 Å². The first-order chi connectivity index (χ1) is 14.6. The fourth-order valence-electron chi connectivity index (χ4n) is 2.84. The Hall–Kier alpha value is -3.05. The van der Waals surface area contributed by atoms with E-state index in [1.807, 2.05) is 0 Å². The fourth-order valence-corrected chi connectivity index (χ4v) is 4.31. The molecule has 2 amide bonds. The van der Waals surface area contributed by atoms with Gasteiger partial charge in [0.15, 0.2) is 0 Å². The predicted molar refractivity (Wildman–Crippen MR) is 113 cm³/mol. The standard InChI is InChI=1S/C19H21ClN4O6S/c1-24(2)17(25)8-13-10-30-19-14(18(26)22-13)7-12(9-21-19)23-31(27,28)16-6-11(20)4-5-15(16)29-3/h4-7,9,13,23H,8,10H2,1-3H3,(H,22,26)/t13-/m0/s1. The largest absolute Gasteiger partial charge is 0.495 e. The molecule has 0 saturated carbocycles. The van der Waals surface area contributed by atoms with Crippen LogP contribution in [0, 0.1) is 0 Å². The van der Waals surface area contributed by atoms with Crippen molar-refractivity contribution in [3.05, 3.63) is 41.0 Å². The highest BCUT2D eigenvalue weighted by Crippen LogP contribution is 2.30. The quantitative estimate of drug-likeness (QED) is 0.657. The van der Waals surface area contributed by atoms with Crippen LogP contribution in [0.25, 0.3) is 0 Å². The first-order valence-electron chi connectivity index (χ1n) is 9.11. The Bertz CT molecular complexity index is 1120. The summed E-state index contributed by atoms with van der Waals surface area (Å²) < 4.78 is 38.7. The molecule has 0 spiro atoms. The lowest BCUT2D eigenvalue weighted by molar-refractivity contribution is -0.129. The number of hydrogen-bond donors (Lipinski definition) is 2. The molecule has 1 atom stereocenters. The first-order valence-corrected chi connectivity index (χ1v) is 11.0. The molecule has 0 radical (unpaired) electrons. The Labute approximate surface area is 184 Å². The van der Waals surface area contributed by atoms with Gasteiger partial charge in [-0.05, 0) is 24.3 Å². The zero-order chi connectivity index (χ0) is 22.8. The van der Waals surface area contributed by atoms with E-state index in [0.717, 1.165) is 0 Å². The van der Waals surface area contributed by atoms with Gasteiger partial charge in [-0.3, -0.25) is 14.3 Å². The molecule has 2 heterocycles. The van der Waals surface area contributed by atoms with Crippen LogP contribution in [-0.2, 0) is 14.8 Å². The third-order valence-corrected chi connectivity index (χ3v) is 6.08. The molecule has 0 fully saturated rings. The number of ether oxygens (including phenoxy) is 2. The van der Waals surface area contributed by atoms with Crippen LogP contribution in [-0.4, -0.2) is 64.0 Å². The lowest BCUT2D eigenvalue weighted by atomic mass is 10.2. The number of nitrogens with zero attached hydrogens (tertiary/aromatic N) is 2. The first kappa shape index (κ1) is 22.6. The van der Waals surface area contributed by atoms with Crippen molar-refractivity contribution >= 4 is 39.1 Å². The van der Waals surface area contributed by atoms with Gasteiger partial charge >= 0.3 is 0 Å². The van der Waals surface area contributed by atoms with Crippen molar-refractivity contribution in [2.45, 2.75) is 17.4 Å².